The Hall–Kier alpha value is -0.160. The number of hydrogen-bond donors (Lipinski definition) is 0. The largest absolute Gasteiger partial charge is 0.379 e. The Morgan fingerprint density at radius 1 is 0.818 bits per heavy atom. The minimum absolute atomic E-state index is 0.223. The van der Waals surface area contributed by atoms with Gasteiger partial charge in [-0.25, -0.2) is 0 Å². The summed E-state index contributed by atoms with van der Waals surface area (Å²) in [5, 5.41) is 0. The van der Waals surface area contributed by atoms with E-state index in [0.29, 0.717) is 24.0 Å². The van der Waals surface area contributed by atoms with Gasteiger partial charge in [-0.1, -0.05) is 0 Å². The first-order chi connectivity index (χ1) is 10.6. The van der Waals surface area contributed by atoms with Crippen molar-refractivity contribution in [3.05, 3.63) is 0 Å². The second-order valence-corrected chi connectivity index (χ2v) is 8.27. The molecule has 4 fully saturated rings. The number of fused-ring (bicyclic) bond motifs is 2. The van der Waals surface area contributed by atoms with Crippen molar-refractivity contribution in [2.75, 3.05) is 26.4 Å². The molecule has 4 nitrogen and oxygen atoms in total. The van der Waals surface area contributed by atoms with Gasteiger partial charge in [0.2, 0.25) is 0 Å². The third kappa shape index (κ3) is 3.21. The van der Waals surface area contributed by atoms with Gasteiger partial charge < -0.3 is 18.9 Å². The van der Waals surface area contributed by atoms with Crippen molar-refractivity contribution in [2.24, 2.45) is 11.8 Å². The first-order valence-electron chi connectivity index (χ1n) is 9.08. The molecule has 0 bridgehead atoms. The van der Waals surface area contributed by atoms with Crippen LogP contribution in [0.15, 0.2) is 0 Å². The molecule has 0 aromatic rings. The van der Waals surface area contributed by atoms with Crippen LogP contribution in [0.3, 0.4) is 0 Å². The molecule has 2 aliphatic heterocycles. The van der Waals surface area contributed by atoms with Crippen molar-refractivity contribution >= 4 is 0 Å². The molecule has 126 valence electrons. The molecule has 0 N–H and O–H groups in total. The molecule has 22 heavy (non-hydrogen) atoms. The van der Waals surface area contributed by atoms with E-state index in [1.165, 1.54) is 38.5 Å². The molecule has 4 aliphatic rings. The molecule has 2 saturated heterocycles. The summed E-state index contributed by atoms with van der Waals surface area (Å²) in [4.78, 5) is 0. The van der Waals surface area contributed by atoms with Crippen LogP contribution in [0.25, 0.3) is 0 Å². The lowest BCUT2D eigenvalue weighted by atomic mass is 9.83. The Bertz CT molecular complexity index is 376. The van der Waals surface area contributed by atoms with Crippen molar-refractivity contribution in [3.8, 4) is 0 Å². The van der Waals surface area contributed by atoms with Gasteiger partial charge in [0.1, 0.15) is 0 Å². The Morgan fingerprint density at radius 2 is 1.27 bits per heavy atom. The average Bonchev–Trinajstić information content (AvgIpc) is 3.35. The van der Waals surface area contributed by atoms with Gasteiger partial charge in [-0.05, 0) is 64.2 Å². The van der Waals surface area contributed by atoms with Gasteiger partial charge in [0.15, 0.2) is 0 Å². The van der Waals surface area contributed by atoms with Gasteiger partial charge in [-0.15, -0.1) is 0 Å². The lowest BCUT2D eigenvalue weighted by Gasteiger charge is -2.23. The zero-order valence-corrected chi connectivity index (χ0v) is 14.0. The monoisotopic (exact) mass is 310 g/mol. The maximum Gasteiger partial charge on any atom is 0.0920 e. The fraction of sp³-hybridized carbons (Fsp3) is 1.00. The fourth-order valence-corrected chi connectivity index (χ4v) is 4.36. The summed E-state index contributed by atoms with van der Waals surface area (Å²) in [5.41, 5.74) is 0.446. The Morgan fingerprint density at radius 3 is 1.68 bits per heavy atom. The van der Waals surface area contributed by atoms with Crippen molar-refractivity contribution in [1.29, 1.82) is 0 Å². The van der Waals surface area contributed by atoms with Crippen molar-refractivity contribution in [3.63, 3.8) is 0 Å². The average molecular weight is 310 g/mol. The van der Waals surface area contributed by atoms with E-state index < -0.39 is 0 Å². The molecule has 0 spiro atoms. The highest BCUT2D eigenvalue weighted by molar-refractivity contribution is 5.04. The van der Waals surface area contributed by atoms with Crippen LogP contribution in [0, 0.1) is 11.8 Å². The zero-order valence-electron chi connectivity index (χ0n) is 14.0. The molecule has 0 radical (unpaired) electrons. The van der Waals surface area contributed by atoms with Crippen LogP contribution >= 0.6 is 0 Å². The SMILES string of the molecule is CC12CCC(COCCOCC3CCC4(C)OC4C3)CC1O2. The standard InChI is InChI=1S/C18H30O4/c1-17-5-3-13(9-15(17)21-17)11-19-7-8-20-12-14-4-6-18(2)16(10-14)22-18/h13-16H,3-12H2,1-2H3. The normalized spacial score (nSPS) is 49.4. The molecule has 0 aromatic heterocycles. The van der Waals surface area contributed by atoms with Crippen LogP contribution in [0.5, 0.6) is 0 Å². The Balaban J connectivity index is 1.02. The summed E-state index contributed by atoms with van der Waals surface area (Å²) >= 11 is 0. The number of rotatable bonds is 7. The van der Waals surface area contributed by atoms with Gasteiger partial charge in [-0.2, -0.15) is 0 Å². The number of ether oxygens (including phenoxy) is 4. The van der Waals surface area contributed by atoms with E-state index in [1.807, 2.05) is 0 Å². The molecule has 6 atom stereocenters. The molecule has 2 saturated carbocycles. The number of epoxide rings is 2. The summed E-state index contributed by atoms with van der Waals surface area (Å²) in [5.74, 6) is 1.37. The third-order valence-electron chi connectivity index (χ3n) is 6.34. The molecule has 4 heteroatoms. The summed E-state index contributed by atoms with van der Waals surface area (Å²) in [6.45, 7) is 7.67. The smallest absolute Gasteiger partial charge is 0.0920 e. The highest BCUT2D eigenvalue weighted by Gasteiger charge is 2.55. The van der Waals surface area contributed by atoms with Crippen molar-refractivity contribution < 1.29 is 18.9 Å². The van der Waals surface area contributed by atoms with E-state index in [1.54, 1.807) is 0 Å². The van der Waals surface area contributed by atoms with Gasteiger partial charge in [0.25, 0.3) is 0 Å². The predicted octanol–water partition coefficient (Wildman–Crippen LogP) is 2.93. The second kappa shape index (κ2) is 5.73. The van der Waals surface area contributed by atoms with Crippen LogP contribution in [0.4, 0.5) is 0 Å². The lowest BCUT2D eigenvalue weighted by molar-refractivity contribution is 0.0139. The molecular formula is C18H30O4. The molecule has 6 unspecified atom stereocenters. The zero-order chi connectivity index (χ0) is 15.2. The summed E-state index contributed by atoms with van der Waals surface area (Å²) < 4.78 is 23.1. The van der Waals surface area contributed by atoms with Crippen LogP contribution < -0.4 is 0 Å². The summed E-state index contributed by atoms with van der Waals surface area (Å²) in [7, 11) is 0. The third-order valence-corrected chi connectivity index (χ3v) is 6.34. The number of hydrogen-bond acceptors (Lipinski definition) is 4. The minimum atomic E-state index is 0.223. The van der Waals surface area contributed by atoms with Crippen molar-refractivity contribution in [2.45, 2.75) is 75.8 Å². The van der Waals surface area contributed by atoms with Crippen LogP contribution in [-0.2, 0) is 18.9 Å². The minimum Gasteiger partial charge on any atom is -0.379 e. The van der Waals surface area contributed by atoms with Gasteiger partial charge in [0, 0.05) is 13.2 Å². The topological polar surface area (TPSA) is 43.5 Å². The maximum absolute atomic E-state index is 5.80. The van der Waals surface area contributed by atoms with E-state index in [4.69, 9.17) is 18.9 Å². The molecule has 0 amide bonds. The molecule has 2 heterocycles. The first-order valence-corrected chi connectivity index (χ1v) is 9.08. The highest BCUT2D eigenvalue weighted by Crippen LogP contribution is 2.50. The predicted molar refractivity (Wildman–Crippen MR) is 82.9 cm³/mol. The van der Waals surface area contributed by atoms with Gasteiger partial charge >= 0.3 is 0 Å². The van der Waals surface area contributed by atoms with E-state index in [0.717, 1.165) is 26.4 Å². The first kappa shape index (κ1) is 15.4. The van der Waals surface area contributed by atoms with E-state index >= 15 is 0 Å². The lowest BCUT2D eigenvalue weighted by Crippen LogP contribution is -2.25. The van der Waals surface area contributed by atoms with E-state index in [9.17, 15) is 0 Å². The van der Waals surface area contributed by atoms with Crippen LogP contribution in [0.1, 0.15) is 52.4 Å². The maximum atomic E-state index is 5.80. The van der Waals surface area contributed by atoms with Crippen LogP contribution in [-0.4, -0.2) is 49.8 Å². The Labute approximate surface area is 133 Å². The summed E-state index contributed by atoms with van der Waals surface area (Å²) in [6.07, 6.45) is 8.27. The highest BCUT2D eigenvalue weighted by atomic mass is 16.6. The quantitative estimate of drug-likeness (QED) is 0.536. The van der Waals surface area contributed by atoms with Gasteiger partial charge in [0.05, 0.1) is 36.6 Å². The molecule has 0 aromatic carbocycles. The molecular weight excluding hydrogens is 280 g/mol. The van der Waals surface area contributed by atoms with E-state index in [2.05, 4.69) is 13.8 Å². The van der Waals surface area contributed by atoms with Crippen molar-refractivity contribution in [1.82, 2.24) is 0 Å². The van der Waals surface area contributed by atoms with E-state index in [-0.39, 0.29) is 11.2 Å². The Kier molecular flexibility index (Phi) is 4.00. The van der Waals surface area contributed by atoms with Crippen LogP contribution in [0.2, 0.25) is 0 Å². The summed E-state index contributed by atoms with van der Waals surface area (Å²) in [6, 6.07) is 0. The molecule has 4 rings (SSSR count). The molecule has 2 aliphatic carbocycles. The van der Waals surface area contributed by atoms with Gasteiger partial charge in [-0.3, -0.25) is 0 Å². The fourth-order valence-electron chi connectivity index (χ4n) is 4.36. The second-order valence-electron chi connectivity index (χ2n) is 8.27.